The van der Waals surface area contributed by atoms with Crippen LogP contribution in [0.4, 0.5) is 11.4 Å². The molecule has 0 fully saturated rings. The third-order valence-electron chi connectivity index (χ3n) is 4.17. The second-order valence-electron chi connectivity index (χ2n) is 5.83. The van der Waals surface area contributed by atoms with Gasteiger partial charge < -0.3 is 10.1 Å². The highest BCUT2D eigenvalue weighted by molar-refractivity contribution is 5.93. The van der Waals surface area contributed by atoms with E-state index in [1.807, 2.05) is 42.5 Å². The van der Waals surface area contributed by atoms with Gasteiger partial charge in [-0.1, -0.05) is 42.5 Å². The number of aryl methyl sites for hydroxylation is 1. The van der Waals surface area contributed by atoms with Crippen LogP contribution in [-0.2, 0) is 11.2 Å². The topological polar surface area (TPSA) is 81.5 Å². The molecule has 0 aromatic heterocycles. The SMILES string of the molecule is COc1ccc([N+](=O)[O-])cc1NC(=O)CCc1cccc2ccccc12. The molecule has 0 spiro atoms. The van der Waals surface area contributed by atoms with Crippen LogP contribution in [0.15, 0.2) is 60.7 Å². The predicted octanol–water partition coefficient (Wildman–Crippen LogP) is 4.33. The number of fused-ring (bicyclic) bond motifs is 1. The van der Waals surface area contributed by atoms with E-state index in [-0.39, 0.29) is 18.0 Å². The van der Waals surface area contributed by atoms with Crippen LogP contribution in [0, 0.1) is 10.1 Å². The lowest BCUT2D eigenvalue weighted by Gasteiger charge is -2.10. The summed E-state index contributed by atoms with van der Waals surface area (Å²) in [5.74, 6) is 0.158. The van der Waals surface area contributed by atoms with Crippen molar-refractivity contribution in [2.24, 2.45) is 0 Å². The monoisotopic (exact) mass is 350 g/mol. The highest BCUT2D eigenvalue weighted by Crippen LogP contribution is 2.29. The lowest BCUT2D eigenvalue weighted by atomic mass is 10.0. The average Bonchev–Trinajstić information content (AvgIpc) is 2.66. The molecule has 0 radical (unpaired) electrons. The number of anilines is 1. The molecule has 1 N–H and O–H groups in total. The van der Waals surface area contributed by atoms with Crippen molar-refractivity contribution in [3.8, 4) is 5.75 Å². The van der Waals surface area contributed by atoms with Crippen molar-refractivity contribution in [3.63, 3.8) is 0 Å². The van der Waals surface area contributed by atoms with Gasteiger partial charge in [-0.25, -0.2) is 0 Å². The van der Waals surface area contributed by atoms with Crippen molar-refractivity contribution in [2.75, 3.05) is 12.4 Å². The van der Waals surface area contributed by atoms with Crippen LogP contribution >= 0.6 is 0 Å². The highest BCUT2D eigenvalue weighted by atomic mass is 16.6. The van der Waals surface area contributed by atoms with Crippen LogP contribution in [-0.4, -0.2) is 17.9 Å². The minimum Gasteiger partial charge on any atom is -0.495 e. The molecular weight excluding hydrogens is 332 g/mol. The Labute approximate surface area is 150 Å². The predicted molar refractivity (Wildman–Crippen MR) is 101 cm³/mol. The van der Waals surface area contributed by atoms with Crippen molar-refractivity contribution in [2.45, 2.75) is 12.8 Å². The fourth-order valence-corrected chi connectivity index (χ4v) is 2.88. The first-order valence-corrected chi connectivity index (χ1v) is 8.17. The standard InChI is InChI=1S/C20H18N2O4/c1-26-19-11-10-16(22(24)25)13-18(19)21-20(23)12-9-15-7-4-6-14-5-2-3-8-17(14)15/h2-8,10-11,13H,9,12H2,1H3,(H,21,23). The molecule has 132 valence electrons. The van der Waals surface area contributed by atoms with Gasteiger partial charge in [-0.2, -0.15) is 0 Å². The van der Waals surface area contributed by atoms with Gasteiger partial charge in [0.25, 0.3) is 5.69 Å². The summed E-state index contributed by atoms with van der Waals surface area (Å²) in [5.41, 5.74) is 1.28. The Morgan fingerprint density at radius 1 is 1.12 bits per heavy atom. The van der Waals surface area contributed by atoms with E-state index >= 15 is 0 Å². The minimum absolute atomic E-state index is 0.102. The zero-order valence-electron chi connectivity index (χ0n) is 14.3. The number of hydrogen-bond donors (Lipinski definition) is 1. The largest absolute Gasteiger partial charge is 0.495 e. The minimum atomic E-state index is -0.509. The van der Waals surface area contributed by atoms with E-state index in [2.05, 4.69) is 5.32 Å². The Kier molecular flexibility index (Phi) is 5.12. The molecule has 0 heterocycles. The average molecular weight is 350 g/mol. The molecule has 0 bridgehead atoms. The number of amides is 1. The number of nitrogens with one attached hydrogen (secondary N) is 1. The zero-order valence-corrected chi connectivity index (χ0v) is 14.3. The van der Waals surface area contributed by atoms with E-state index < -0.39 is 4.92 Å². The molecule has 6 nitrogen and oxygen atoms in total. The summed E-state index contributed by atoms with van der Waals surface area (Å²) >= 11 is 0. The van der Waals surface area contributed by atoms with Gasteiger partial charge in [0.2, 0.25) is 5.91 Å². The first-order chi connectivity index (χ1) is 12.6. The Bertz CT molecular complexity index is 964. The van der Waals surface area contributed by atoms with Gasteiger partial charge in [0.15, 0.2) is 0 Å². The van der Waals surface area contributed by atoms with Crippen LogP contribution in [0.5, 0.6) is 5.75 Å². The van der Waals surface area contributed by atoms with Gasteiger partial charge in [0.05, 0.1) is 17.7 Å². The van der Waals surface area contributed by atoms with E-state index in [1.165, 1.54) is 25.3 Å². The Balaban J connectivity index is 1.73. The summed E-state index contributed by atoms with van der Waals surface area (Å²) in [6, 6.07) is 18.1. The normalized spacial score (nSPS) is 10.5. The number of nitro benzene ring substituents is 1. The lowest BCUT2D eigenvalue weighted by molar-refractivity contribution is -0.384. The van der Waals surface area contributed by atoms with E-state index in [0.717, 1.165) is 16.3 Å². The Morgan fingerprint density at radius 3 is 2.65 bits per heavy atom. The quantitative estimate of drug-likeness (QED) is 0.530. The smallest absolute Gasteiger partial charge is 0.271 e. The molecule has 26 heavy (non-hydrogen) atoms. The van der Waals surface area contributed by atoms with Crippen molar-refractivity contribution >= 4 is 28.1 Å². The second-order valence-corrected chi connectivity index (χ2v) is 5.83. The number of ether oxygens (including phenoxy) is 1. The first kappa shape index (κ1) is 17.4. The number of benzene rings is 3. The number of nitrogens with zero attached hydrogens (tertiary/aromatic N) is 1. The maximum Gasteiger partial charge on any atom is 0.271 e. The van der Waals surface area contributed by atoms with Gasteiger partial charge >= 0.3 is 0 Å². The molecule has 0 saturated carbocycles. The molecule has 3 rings (SSSR count). The second kappa shape index (κ2) is 7.65. The molecule has 0 unspecified atom stereocenters. The van der Waals surface area contributed by atoms with Gasteiger partial charge in [-0.05, 0) is 28.8 Å². The summed E-state index contributed by atoms with van der Waals surface area (Å²) in [6.07, 6.45) is 0.838. The summed E-state index contributed by atoms with van der Waals surface area (Å²) in [6.45, 7) is 0. The molecule has 0 atom stereocenters. The van der Waals surface area contributed by atoms with Crippen molar-refractivity contribution in [1.82, 2.24) is 0 Å². The molecule has 0 aliphatic carbocycles. The number of hydrogen-bond acceptors (Lipinski definition) is 4. The number of nitro groups is 1. The lowest BCUT2D eigenvalue weighted by Crippen LogP contribution is -2.13. The van der Waals surface area contributed by atoms with Crippen LogP contribution in [0.2, 0.25) is 0 Å². The first-order valence-electron chi connectivity index (χ1n) is 8.17. The number of carbonyl (C=O) groups excluding carboxylic acids is 1. The van der Waals surface area contributed by atoms with E-state index in [4.69, 9.17) is 4.74 Å². The number of non-ortho nitro benzene ring substituents is 1. The molecule has 3 aromatic carbocycles. The molecule has 0 aliphatic rings. The maximum atomic E-state index is 12.3. The Morgan fingerprint density at radius 2 is 1.88 bits per heavy atom. The summed E-state index contributed by atoms with van der Waals surface area (Å²) in [5, 5.41) is 15.9. The van der Waals surface area contributed by atoms with Crippen molar-refractivity contribution in [3.05, 3.63) is 76.3 Å². The molecule has 6 heteroatoms. The summed E-state index contributed by atoms with van der Waals surface area (Å²) in [4.78, 5) is 22.8. The van der Waals surface area contributed by atoms with E-state index in [1.54, 1.807) is 0 Å². The van der Waals surface area contributed by atoms with E-state index in [0.29, 0.717) is 17.9 Å². The summed E-state index contributed by atoms with van der Waals surface area (Å²) in [7, 11) is 1.45. The molecule has 0 aliphatic heterocycles. The van der Waals surface area contributed by atoms with Crippen molar-refractivity contribution < 1.29 is 14.5 Å². The van der Waals surface area contributed by atoms with E-state index in [9.17, 15) is 14.9 Å². The number of carbonyl (C=O) groups is 1. The van der Waals surface area contributed by atoms with Crippen LogP contribution in [0.1, 0.15) is 12.0 Å². The number of rotatable bonds is 6. The van der Waals surface area contributed by atoms with Crippen LogP contribution in [0.3, 0.4) is 0 Å². The Hall–Kier alpha value is -3.41. The van der Waals surface area contributed by atoms with Gasteiger partial charge in [-0.15, -0.1) is 0 Å². The molecule has 1 amide bonds. The third kappa shape index (κ3) is 3.80. The zero-order chi connectivity index (χ0) is 18.5. The third-order valence-corrected chi connectivity index (χ3v) is 4.17. The maximum absolute atomic E-state index is 12.3. The van der Waals surface area contributed by atoms with Crippen LogP contribution in [0.25, 0.3) is 10.8 Å². The van der Waals surface area contributed by atoms with Gasteiger partial charge in [-0.3, -0.25) is 14.9 Å². The number of methoxy groups -OCH3 is 1. The van der Waals surface area contributed by atoms with Gasteiger partial charge in [0, 0.05) is 18.6 Å². The van der Waals surface area contributed by atoms with Crippen LogP contribution < -0.4 is 10.1 Å². The van der Waals surface area contributed by atoms with Crippen molar-refractivity contribution in [1.29, 1.82) is 0 Å². The highest BCUT2D eigenvalue weighted by Gasteiger charge is 2.14. The molecular formula is C20H18N2O4. The molecule has 0 saturated heterocycles. The molecule has 3 aromatic rings. The fourth-order valence-electron chi connectivity index (χ4n) is 2.88. The summed E-state index contributed by atoms with van der Waals surface area (Å²) < 4.78 is 5.16. The van der Waals surface area contributed by atoms with Gasteiger partial charge in [0.1, 0.15) is 5.75 Å². The fraction of sp³-hybridized carbons (Fsp3) is 0.150.